The van der Waals surface area contributed by atoms with Crippen molar-refractivity contribution in [1.82, 2.24) is 9.80 Å². The van der Waals surface area contributed by atoms with E-state index in [1.807, 2.05) is 24.3 Å². The summed E-state index contributed by atoms with van der Waals surface area (Å²) in [4.78, 5) is 28.9. The smallest absolute Gasteiger partial charge is 0.253 e. The molecule has 0 radical (unpaired) electrons. The number of hydrogen-bond donors (Lipinski definition) is 2. The molecule has 7 nitrogen and oxygen atoms in total. The summed E-state index contributed by atoms with van der Waals surface area (Å²) in [7, 11) is 2.13. The Morgan fingerprint density at radius 2 is 1.62 bits per heavy atom. The monoisotopic (exact) mass is 394 g/mol. The van der Waals surface area contributed by atoms with Crippen molar-refractivity contribution in [2.24, 2.45) is 0 Å². The second kappa shape index (κ2) is 8.63. The largest absolute Gasteiger partial charge is 0.467 e. The Labute approximate surface area is 169 Å². The van der Waals surface area contributed by atoms with Crippen LogP contribution >= 0.6 is 0 Å². The summed E-state index contributed by atoms with van der Waals surface area (Å²) in [6.07, 6.45) is 1.58. The van der Waals surface area contributed by atoms with Crippen molar-refractivity contribution in [2.45, 2.75) is 12.6 Å². The first-order valence-electron chi connectivity index (χ1n) is 9.94. The van der Waals surface area contributed by atoms with Gasteiger partial charge in [0, 0.05) is 32.7 Å². The van der Waals surface area contributed by atoms with Crippen LogP contribution in [0.3, 0.4) is 0 Å². The minimum atomic E-state index is -0.477. The van der Waals surface area contributed by atoms with E-state index in [1.54, 1.807) is 12.3 Å². The average Bonchev–Trinajstić information content (AvgIpc) is 3.27. The Bertz CT molecular complexity index is 985. The van der Waals surface area contributed by atoms with Crippen LogP contribution in [0.25, 0.3) is 0 Å². The summed E-state index contributed by atoms with van der Waals surface area (Å²) in [6.45, 7) is 4.89. The molecule has 1 fully saturated rings. The molecule has 152 valence electrons. The van der Waals surface area contributed by atoms with E-state index in [4.69, 9.17) is 4.42 Å². The third-order valence-electron chi connectivity index (χ3n) is 5.57. The molecule has 29 heavy (non-hydrogen) atoms. The maximum absolute atomic E-state index is 12.1. The molecule has 1 atom stereocenters. The van der Waals surface area contributed by atoms with Crippen LogP contribution in [-0.2, 0) is 6.54 Å². The molecule has 7 heteroatoms. The number of nitrogens with zero attached hydrogens (tertiary/aromatic N) is 2. The number of benzene rings is 1. The standard InChI is InChI=1S/C22H26N4O3/c1-25-9-11-26(12-10-25)18(16-6-3-2-4-7-16)15-24-20-19(21(27)22(20)28)23-14-17-8-5-13-29-17/h2-8,13,18,23-24H,9-12,14-15H2,1H3. The number of nitrogens with one attached hydrogen (secondary N) is 2. The van der Waals surface area contributed by atoms with Gasteiger partial charge in [0.05, 0.1) is 18.8 Å². The van der Waals surface area contributed by atoms with Crippen LogP contribution in [-0.4, -0.2) is 49.6 Å². The SMILES string of the molecule is CN1CCN(C(CNc2c(NCc3ccco3)c(=O)c2=O)c2ccccc2)CC1. The third kappa shape index (κ3) is 4.26. The van der Waals surface area contributed by atoms with E-state index in [0.717, 1.165) is 26.2 Å². The zero-order valence-corrected chi connectivity index (χ0v) is 16.6. The molecule has 0 bridgehead atoms. The van der Waals surface area contributed by atoms with E-state index < -0.39 is 10.9 Å². The fourth-order valence-electron chi connectivity index (χ4n) is 3.78. The van der Waals surface area contributed by atoms with Gasteiger partial charge in [-0.2, -0.15) is 0 Å². The summed E-state index contributed by atoms with van der Waals surface area (Å²) >= 11 is 0. The lowest BCUT2D eigenvalue weighted by Gasteiger charge is -2.38. The molecule has 1 aromatic heterocycles. The molecule has 0 amide bonds. The summed E-state index contributed by atoms with van der Waals surface area (Å²) in [5.74, 6) is 0.712. The second-order valence-electron chi connectivity index (χ2n) is 7.49. The van der Waals surface area contributed by atoms with Gasteiger partial charge in [-0.05, 0) is 24.7 Å². The Morgan fingerprint density at radius 3 is 2.28 bits per heavy atom. The Morgan fingerprint density at radius 1 is 0.931 bits per heavy atom. The summed E-state index contributed by atoms with van der Waals surface area (Å²) in [5, 5.41) is 6.28. The van der Waals surface area contributed by atoms with Gasteiger partial charge in [-0.1, -0.05) is 30.3 Å². The van der Waals surface area contributed by atoms with Crippen LogP contribution < -0.4 is 21.5 Å². The van der Waals surface area contributed by atoms with Crippen LogP contribution in [0.4, 0.5) is 11.4 Å². The normalized spacial score (nSPS) is 16.7. The van der Waals surface area contributed by atoms with Gasteiger partial charge in [-0.25, -0.2) is 0 Å². The van der Waals surface area contributed by atoms with E-state index in [9.17, 15) is 9.59 Å². The minimum absolute atomic E-state index is 0.132. The highest BCUT2D eigenvalue weighted by atomic mass is 16.3. The fourth-order valence-corrected chi connectivity index (χ4v) is 3.78. The van der Waals surface area contributed by atoms with Crippen LogP contribution in [0.15, 0.2) is 62.7 Å². The van der Waals surface area contributed by atoms with Gasteiger partial charge in [0.2, 0.25) is 0 Å². The van der Waals surface area contributed by atoms with Crippen LogP contribution in [0.1, 0.15) is 17.4 Å². The van der Waals surface area contributed by atoms with Gasteiger partial charge in [0.25, 0.3) is 10.9 Å². The Hall–Kier alpha value is -2.90. The van der Waals surface area contributed by atoms with Gasteiger partial charge in [-0.15, -0.1) is 0 Å². The molecule has 0 aliphatic carbocycles. The first-order valence-corrected chi connectivity index (χ1v) is 9.94. The van der Waals surface area contributed by atoms with E-state index >= 15 is 0 Å². The quantitative estimate of drug-likeness (QED) is 0.565. The first kappa shape index (κ1) is 19.4. The highest BCUT2D eigenvalue weighted by molar-refractivity contribution is 5.74. The molecular formula is C22H26N4O3. The van der Waals surface area contributed by atoms with Crippen LogP contribution in [0.5, 0.6) is 0 Å². The van der Waals surface area contributed by atoms with Gasteiger partial charge in [-0.3, -0.25) is 14.5 Å². The number of hydrogen-bond acceptors (Lipinski definition) is 7. The summed E-state index contributed by atoms with van der Waals surface area (Å²) < 4.78 is 5.28. The molecular weight excluding hydrogens is 368 g/mol. The molecule has 2 heterocycles. The molecule has 1 saturated heterocycles. The van der Waals surface area contributed by atoms with Crippen molar-refractivity contribution < 1.29 is 4.42 Å². The summed E-state index contributed by atoms with van der Waals surface area (Å²) in [5.41, 5.74) is 0.980. The average molecular weight is 394 g/mol. The van der Waals surface area contributed by atoms with E-state index in [1.165, 1.54) is 5.56 Å². The van der Waals surface area contributed by atoms with Gasteiger partial charge in [0.1, 0.15) is 17.1 Å². The highest BCUT2D eigenvalue weighted by Gasteiger charge is 2.26. The molecule has 2 N–H and O–H groups in total. The zero-order chi connectivity index (χ0) is 20.2. The second-order valence-corrected chi connectivity index (χ2v) is 7.49. The van der Waals surface area contributed by atoms with E-state index in [2.05, 4.69) is 39.6 Å². The van der Waals surface area contributed by atoms with Gasteiger partial charge in [0.15, 0.2) is 0 Å². The number of rotatable bonds is 8. The lowest BCUT2D eigenvalue weighted by atomic mass is 10.0. The number of furan rings is 1. The van der Waals surface area contributed by atoms with Gasteiger partial charge >= 0.3 is 0 Å². The zero-order valence-electron chi connectivity index (χ0n) is 16.6. The minimum Gasteiger partial charge on any atom is -0.467 e. The fraction of sp³-hybridized carbons (Fsp3) is 0.364. The van der Waals surface area contributed by atoms with E-state index in [0.29, 0.717) is 30.2 Å². The third-order valence-corrected chi connectivity index (χ3v) is 5.57. The first-order chi connectivity index (χ1) is 14.1. The molecule has 1 aliphatic heterocycles. The van der Waals surface area contributed by atoms with Crippen molar-refractivity contribution in [1.29, 1.82) is 0 Å². The lowest BCUT2D eigenvalue weighted by Crippen LogP contribution is -2.48. The number of likely N-dealkylation sites (N-methyl/N-ethyl adjacent to an activating group) is 1. The summed E-state index contributed by atoms with van der Waals surface area (Å²) in [6, 6.07) is 14.0. The van der Waals surface area contributed by atoms with Crippen molar-refractivity contribution in [2.75, 3.05) is 50.4 Å². The van der Waals surface area contributed by atoms with E-state index in [-0.39, 0.29) is 6.04 Å². The number of anilines is 2. The Kier molecular flexibility index (Phi) is 5.78. The molecule has 1 aliphatic rings. The molecule has 1 unspecified atom stereocenters. The van der Waals surface area contributed by atoms with Crippen molar-refractivity contribution in [3.8, 4) is 0 Å². The van der Waals surface area contributed by atoms with Gasteiger partial charge < -0.3 is 20.0 Å². The predicted octanol–water partition coefficient (Wildman–Crippen LogP) is 1.89. The van der Waals surface area contributed by atoms with Crippen LogP contribution in [0, 0.1) is 0 Å². The Balaban J connectivity index is 1.47. The highest BCUT2D eigenvalue weighted by Crippen LogP contribution is 2.24. The van der Waals surface area contributed by atoms with Crippen molar-refractivity contribution in [3.05, 3.63) is 80.5 Å². The number of piperazine rings is 1. The van der Waals surface area contributed by atoms with Crippen molar-refractivity contribution in [3.63, 3.8) is 0 Å². The molecule has 2 aromatic carbocycles. The lowest BCUT2D eigenvalue weighted by molar-refractivity contribution is 0.116. The topological polar surface area (TPSA) is 77.8 Å². The maximum atomic E-state index is 12.1. The maximum Gasteiger partial charge on any atom is 0.253 e. The predicted molar refractivity (Wildman–Crippen MR) is 114 cm³/mol. The molecule has 0 spiro atoms. The molecule has 0 saturated carbocycles. The van der Waals surface area contributed by atoms with Crippen molar-refractivity contribution >= 4 is 11.4 Å². The van der Waals surface area contributed by atoms with Crippen LogP contribution in [0.2, 0.25) is 0 Å². The molecule has 4 rings (SSSR count). The molecule has 3 aromatic rings.